The summed E-state index contributed by atoms with van der Waals surface area (Å²) >= 11 is 0.695. The zero-order valence-electron chi connectivity index (χ0n) is 15.0. The Labute approximate surface area is 151 Å². The molecule has 4 N–H and O–H groups in total. The molecule has 1 aliphatic heterocycles. The van der Waals surface area contributed by atoms with Crippen molar-refractivity contribution >= 4 is 34.5 Å². The maximum Gasteiger partial charge on any atom is 0.226 e. The Morgan fingerprint density at radius 1 is 1.32 bits per heavy atom. The van der Waals surface area contributed by atoms with Gasteiger partial charge in [0.1, 0.15) is 0 Å². The number of thioether (sulfide) groups is 1. The SMILES string of the molecule is CC(=O)N[C@@H](CSC(=O)[C@]1([C@@H](O)C(C)C)NC(=O)[C@H](C)[C@@H]1O)C(C)=O. The molecular weight excluding hydrogens is 348 g/mol. The number of ketones is 1. The zero-order valence-corrected chi connectivity index (χ0v) is 15.8. The summed E-state index contributed by atoms with van der Waals surface area (Å²) in [6.07, 6.45) is -2.69. The lowest BCUT2D eigenvalue weighted by molar-refractivity contribution is -0.131. The molecule has 1 rings (SSSR count). The predicted octanol–water partition coefficient (Wildman–Crippen LogP) is -0.778. The number of carbonyl (C=O) groups is 4. The first kappa shape index (κ1) is 21.6. The van der Waals surface area contributed by atoms with Crippen LogP contribution in [-0.2, 0) is 19.2 Å². The Balaban J connectivity index is 3.04. The quantitative estimate of drug-likeness (QED) is 0.459. The molecule has 0 unspecified atom stereocenters. The van der Waals surface area contributed by atoms with Gasteiger partial charge in [-0.25, -0.2) is 0 Å². The van der Waals surface area contributed by atoms with Gasteiger partial charge in [0.25, 0.3) is 0 Å². The second-order valence-electron chi connectivity index (χ2n) is 6.74. The number of rotatable bonds is 7. The van der Waals surface area contributed by atoms with Crippen molar-refractivity contribution in [3.8, 4) is 0 Å². The number of hydrogen-bond donors (Lipinski definition) is 4. The van der Waals surface area contributed by atoms with Crippen LogP contribution in [0.2, 0.25) is 0 Å². The summed E-state index contributed by atoms with van der Waals surface area (Å²) in [4.78, 5) is 47.6. The van der Waals surface area contributed by atoms with E-state index < -0.39 is 52.6 Å². The minimum atomic E-state index is -1.84. The third-order valence-corrected chi connectivity index (χ3v) is 5.47. The van der Waals surface area contributed by atoms with Gasteiger partial charge >= 0.3 is 0 Å². The van der Waals surface area contributed by atoms with Crippen molar-refractivity contribution < 1.29 is 29.4 Å². The van der Waals surface area contributed by atoms with Crippen molar-refractivity contribution in [1.82, 2.24) is 10.6 Å². The normalized spacial score (nSPS) is 28.4. The van der Waals surface area contributed by atoms with Crippen LogP contribution in [0.15, 0.2) is 0 Å². The fourth-order valence-corrected chi connectivity index (χ4v) is 3.95. The number of aliphatic hydroxyl groups excluding tert-OH is 2. The molecular formula is C16H26N2O6S. The number of carbonyl (C=O) groups excluding carboxylic acids is 4. The van der Waals surface area contributed by atoms with E-state index in [9.17, 15) is 29.4 Å². The van der Waals surface area contributed by atoms with Gasteiger partial charge in [-0.3, -0.25) is 19.2 Å². The molecule has 9 heteroatoms. The van der Waals surface area contributed by atoms with E-state index in [1.165, 1.54) is 20.8 Å². The van der Waals surface area contributed by atoms with Crippen molar-refractivity contribution in [1.29, 1.82) is 0 Å². The van der Waals surface area contributed by atoms with E-state index in [4.69, 9.17) is 0 Å². The molecule has 5 atom stereocenters. The molecule has 0 saturated carbocycles. The Bertz CT molecular complexity index is 567. The molecule has 1 saturated heterocycles. The number of hydrogen-bond acceptors (Lipinski definition) is 7. The van der Waals surface area contributed by atoms with Gasteiger partial charge in [0, 0.05) is 12.7 Å². The Hall–Kier alpha value is -1.45. The predicted molar refractivity (Wildman–Crippen MR) is 92.6 cm³/mol. The lowest BCUT2D eigenvalue weighted by atomic mass is 9.81. The monoisotopic (exact) mass is 374 g/mol. The van der Waals surface area contributed by atoms with Crippen LogP contribution in [0.1, 0.15) is 34.6 Å². The minimum Gasteiger partial charge on any atom is -0.390 e. The maximum atomic E-state index is 12.8. The summed E-state index contributed by atoms with van der Waals surface area (Å²) in [5.41, 5.74) is -1.84. The second kappa shape index (κ2) is 8.29. The molecule has 25 heavy (non-hydrogen) atoms. The van der Waals surface area contributed by atoms with Gasteiger partial charge in [-0.05, 0) is 12.8 Å². The lowest BCUT2D eigenvalue weighted by Crippen LogP contribution is -2.64. The molecule has 8 nitrogen and oxygen atoms in total. The van der Waals surface area contributed by atoms with Crippen LogP contribution >= 0.6 is 11.8 Å². The van der Waals surface area contributed by atoms with Crippen LogP contribution in [0.25, 0.3) is 0 Å². The molecule has 0 radical (unpaired) electrons. The Kier molecular flexibility index (Phi) is 7.16. The van der Waals surface area contributed by atoms with Crippen molar-refractivity contribution in [2.75, 3.05) is 5.75 Å². The van der Waals surface area contributed by atoms with Gasteiger partial charge in [-0.1, -0.05) is 32.5 Å². The largest absolute Gasteiger partial charge is 0.390 e. The molecule has 0 spiro atoms. The maximum absolute atomic E-state index is 12.8. The fourth-order valence-electron chi connectivity index (χ4n) is 2.78. The lowest BCUT2D eigenvalue weighted by Gasteiger charge is -2.37. The Morgan fingerprint density at radius 2 is 1.88 bits per heavy atom. The summed E-state index contributed by atoms with van der Waals surface area (Å²) in [6.45, 7) is 7.36. The third kappa shape index (κ3) is 4.39. The number of Topliss-reactive ketones (excluding diaryl/α,β-unsaturated/α-hetero) is 1. The first-order chi connectivity index (χ1) is 11.4. The third-order valence-electron chi connectivity index (χ3n) is 4.37. The number of aliphatic hydroxyl groups is 2. The van der Waals surface area contributed by atoms with Crippen molar-refractivity contribution in [2.45, 2.75) is 58.4 Å². The van der Waals surface area contributed by atoms with Crippen molar-refractivity contribution in [3.05, 3.63) is 0 Å². The average molecular weight is 374 g/mol. The van der Waals surface area contributed by atoms with Gasteiger partial charge in [-0.15, -0.1) is 0 Å². The summed E-state index contributed by atoms with van der Waals surface area (Å²) in [7, 11) is 0. The van der Waals surface area contributed by atoms with Crippen LogP contribution in [0, 0.1) is 11.8 Å². The molecule has 1 heterocycles. The van der Waals surface area contributed by atoms with Gasteiger partial charge in [0.05, 0.1) is 24.2 Å². The van der Waals surface area contributed by atoms with Crippen LogP contribution in [0.3, 0.4) is 0 Å². The van der Waals surface area contributed by atoms with Gasteiger partial charge in [-0.2, -0.15) is 0 Å². The summed E-state index contributed by atoms with van der Waals surface area (Å²) in [6, 6.07) is -0.869. The zero-order chi connectivity index (χ0) is 19.5. The van der Waals surface area contributed by atoms with E-state index in [-0.39, 0.29) is 11.5 Å². The van der Waals surface area contributed by atoms with Gasteiger partial charge in [0.2, 0.25) is 16.9 Å². The second-order valence-corrected chi connectivity index (χ2v) is 7.74. The van der Waals surface area contributed by atoms with E-state index in [2.05, 4.69) is 10.6 Å². The van der Waals surface area contributed by atoms with Crippen LogP contribution in [-0.4, -0.2) is 62.5 Å². The number of amides is 2. The molecule has 0 aromatic heterocycles. The molecule has 1 aliphatic rings. The minimum absolute atomic E-state index is 0.0583. The van der Waals surface area contributed by atoms with E-state index in [1.807, 2.05) is 0 Å². The van der Waals surface area contributed by atoms with Crippen LogP contribution in [0.4, 0.5) is 0 Å². The molecule has 2 amide bonds. The van der Waals surface area contributed by atoms with E-state index >= 15 is 0 Å². The highest BCUT2D eigenvalue weighted by molar-refractivity contribution is 8.13. The molecule has 142 valence electrons. The van der Waals surface area contributed by atoms with Crippen molar-refractivity contribution in [3.63, 3.8) is 0 Å². The van der Waals surface area contributed by atoms with Gasteiger partial charge < -0.3 is 20.8 Å². The molecule has 1 fully saturated rings. The Morgan fingerprint density at radius 3 is 2.24 bits per heavy atom. The smallest absolute Gasteiger partial charge is 0.226 e. The van der Waals surface area contributed by atoms with Gasteiger partial charge in [0.15, 0.2) is 11.3 Å². The van der Waals surface area contributed by atoms with Crippen LogP contribution in [0.5, 0.6) is 0 Å². The van der Waals surface area contributed by atoms with E-state index in [0.717, 1.165) is 0 Å². The molecule has 0 aromatic carbocycles. The first-order valence-electron chi connectivity index (χ1n) is 8.08. The fraction of sp³-hybridized carbons (Fsp3) is 0.750. The highest BCUT2D eigenvalue weighted by Gasteiger charge is 2.60. The summed E-state index contributed by atoms with van der Waals surface area (Å²) < 4.78 is 0. The topological polar surface area (TPSA) is 133 Å². The van der Waals surface area contributed by atoms with E-state index in [0.29, 0.717) is 11.8 Å². The average Bonchev–Trinajstić information content (AvgIpc) is 2.74. The molecule has 0 aromatic rings. The highest BCUT2D eigenvalue weighted by atomic mass is 32.2. The molecule has 0 bridgehead atoms. The van der Waals surface area contributed by atoms with Crippen LogP contribution < -0.4 is 10.6 Å². The molecule has 0 aliphatic carbocycles. The standard InChI is InChI=1S/C16H26N2O6S/c1-7(2)12(21)16(13(22)8(3)14(23)18-16)15(24)25-6-11(9(4)19)17-10(5)20/h7-8,11-13,21-22H,6H2,1-5H3,(H,17,20)(H,18,23)/t8-,11+,12+,13+,16-/m1/s1. The number of nitrogens with one attached hydrogen (secondary N) is 2. The van der Waals surface area contributed by atoms with Crippen molar-refractivity contribution in [2.24, 2.45) is 11.8 Å². The van der Waals surface area contributed by atoms with E-state index in [1.54, 1.807) is 13.8 Å². The summed E-state index contributed by atoms with van der Waals surface area (Å²) in [5.74, 6) is -2.56. The summed E-state index contributed by atoms with van der Waals surface area (Å²) in [5, 5.41) is 25.3. The highest BCUT2D eigenvalue weighted by Crippen LogP contribution is 2.36. The first-order valence-corrected chi connectivity index (χ1v) is 9.06.